The molecule has 0 bridgehead atoms. The molecule has 1 aliphatic carbocycles. The first-order chi connectivity index (χ1) is 14.5. The second-order valence-electron chi connectivity index (χ2n) is 9.07. The summed E-state index contributed by atoms with van der Waals surface area (Å²) in [4.78, 5) is 13.8. The summed E-state index contributed by atoms with van der Waals surface area (Å²) >= 11 is 0. The smallest absolute Gasteiger partial charge is 0.251 e. The van der Waals surface area contributed by atoms with E-state index in [4.69, 9.17) is 9.47 Å². The van der Waals surface area contributed by atoms with Gasteiger partial charge in [0.15, 0.2) is 0 Å². The molecule has 7 heteroatoms. The van der Waals surface area contributed by atoms with Gasteiger partial charge in [0.25, 0.3) is 6.43 Å². The Bertz CT molecular complexity index is 712. The number of likely N-dealkylation sites (tertiary alicyclic amines) is 1. The minimum Gasteiger partial charge on any atom is -0.376 e. The van der Waals surface area contributed by atoms with Gasteiger partial charge in [0.1, 0.15) is 6.61 Å². The quantitative estimate of drug-likeness (QED) is 0.764. The number of nitrogens with zero attached hydrogens (tertiary/aromatic N) is 1. The van der Waals surface area contributed by atoms with Crippen LogP contribution >= 0.6 is 0 Å². The van der Waals surface area contributed by atoms with Gasteiger partial charge in [-0.3, -0.25) is 9.69 Å². The Morgan fingerprint density at radius 3 is 2.63 bits per heavy atom. The predicted octanol–water partition coefficient (Wildman–Crippen LogP) is 3.34. The van der Waals surface area contributed by atoms with E-state index in [0.29, 0.717) is 25.6 Å². The molecular formula is C23H32F2N2O3. The first kappa shape index (κ1) is 21.7. The van der Waals surface area contributed by atoms with E-state index in [2.05, 4.69) is 29.6 Å². The van der Waals surface area contributed by atoms with Crippen LogP contribution in [-0.4, -0.2) is 67.3 Å². The molecule has 3 atom stereocenters. The molecule has 5 nitrogen and oxygen atoms in total. The van der Waals surface area contributed by atoms with E-state index >= 15 is 0 Å². The lowest BCUT2D eigenvalue weighted by molar-refractivity contribution is -0.138. The van der Waals surface area contributed by atoms with Crippen molar-refractivity contribution in [3.63, 3.8) is 0 Å². The van der Waals surface area contributed by atoms with Crippen molar-refractivity contribution >= 4 is 5.91 Å². The van der Waals surface area contributed by atoms with Gasteiger partial charge in [0.05, 0.1) is 37.4 Å². The van der Waals surface area contributed by atoms with Gasteiger partial charge in [-0.2, -0.15) is 0 Å². The van der Waals surface area contributed by atoms with E-state index in [1.165, 1.54) is 5.56 Å². The summed E-state index contributed by atoms with van der Waals surface area (Å²) < 4.78 is 38.3. The molecule has 2 saturated heterocycles. The molecule has 1 aromatic rings. The SMILES string of the molecule is CC1CC2(COCC(=O)N2)C(COC2CCC(c3ccccc3)CC2)N1CC(F)F. The van der Waals surface area contributed by atoms with Crippen LogP contribution < -0.4 is 5.32 Å². The summed E-state index contributed by atoms with van der Waals surface area (Å²) in [5.74, 6) is 0.381. The zero-order chi connectivity index (χ0) is 21.1. The third-order valence-corrected chi connectivity index (χ3v) is 7.03. The summed E-state index contributed by atoms with van der Waals surface area (Å²) in [5, 5.41) is 3.06. The number of carbonyl (C=O) groups excluding carboxylic acids is 1. The summed E-state index contributed by atoms with van der Waals surface area (Å²) in [7, 11) is 0. The Hall–Kier alpha value is -1.57. The first-order valence-corrected chi connectivity index (χ1v) is 11.1. The molecule has 4 rings (SSSR count). The van der Waals surface area contributed by atoms with Gasteiger partial charge in [-0.25, -0.2) is 8.78 Å². The van der Waals surface area contributed by atoms with Crippen LogP contribution in [0.4, 0.5) is 8.78 Å². The summed E-state index contributed by atoms with van der Waals surface area (Å²) in [6.07, 6.45) is 2.38. The maximum absolute atomic E-state index is 13.3. The Morgan fingerprint density at radius 2 is 1.97 bits per heavy atom. The van der Waals surface area contributed by atoms with Crippen LogP contribution in [-0.2, 0) is 14.3 Å². The number of morpholine rings is 1. The predicted molar refractivity (Wildman–Crippen MR) is 110 cm³/mol. The van der Waals surface area contributed by atoms with Crippen molar-refractivity contribution < 1.29 is 23.0 Å². The van der Waals surface area contributed by atoms with Gasteiger partial charge in [-0.1, -0.05) is 30.3 Å². The largest absolute Gasteiger partial charge is 0.376 e. The molecule has 1 saturated carbocycles. The van der Waals surface area contributed by atoms with Crippen molar-refractivity contribution in [1.29, 1.82) is 0 Å². The first-order valence-electron chi connectivity index (χ1n) is 11.1. The van der Waals surface area contributed by atoms with E-state index in [-0.39, 0.29) is 37.2 Å². The fraction of sp³-hybridized carbons (Fsp3) is 0.696. The van der Waals surface area contributed by atoms with Crippen molar-refractivity contribution in [2.24, 2.45) is 0 Å². The van der Waals surface area contributed by atoms with Crippen molar-refractivity contribution in [1.82, 2.24) is 10.2 Å². The van der Waals surface area contributed by atoms with Crippen LogP contribution in [0.25, 0.3) is 0 Å². The minimum atomic E-state index is -2.42. The van der Waals surface area contributed by atoms with Crippen molar-refractivity contribution in [2.75, 3.05) is 26.4 Å². The average Bonchev–Trinajstić information content (AvgIpc) is 2.96. The maximum Gasteiger partial charge on any atom is 0.251 e. The van der Waals surface area contributed by atoms with Crippen LogP contribution in [0.15, 0.2) is 30.3 Å². The number of amides is 1. The Kier molecular flexibility index (Phi) is 6.70. The zero-order valence-electron chi connectivity index (χ0n) is 17.6. The number of carbonyl (C=O) groups is 1. The third-order valence-electron chi connectivity index (χ3n) is 7.03. The van der Waals surface area contributed by atoms with Gasteiger partial charge in [-0.05, 0) is 50.5 Å². The Balaban J connectivity index is 1.38. The van der Waals surface area contributed by atoms with Gasteiger partial charge in [0.2, 0.25) is 5.91 Å². The number of rotatable bonds is 6. The highest BCUT2D eigenvalue weighted by Crippen LogP contribution is 2.38. The molecule has 1 aromatic carbocycles. The molecule has 1 N–H and O–H groups in total. The highest BCUT2D eigenvalue weighted by molar-refractivity contribution is 5.79. The second kappa shape index (κ2) is 9.28. The Labute approximate surface area is 177 Å². The Morgan fingerprint density at radius 1 is 1.23 bits per heavy atom. The number of hydrogen-bond donors (Lipinski definition) is 1. The van der Waals surface area contributed by atoms with Gasteiger partial charge >= 0.3 is 0 Å². The van der Waals surface area contributed by atoms with E-state index in [0.717, 1.165) is 25.7 Å². The topological polar surface area (TPSA) is 50.8 Å². The third kappa shape index (κ3) is 4.68. The molecule has 0 aromatic heterocycles. The molecule has 2 heterocycles. The number of hydrogen-bond acceptors (Lipinski definition) is 4. The fourth-order valence-electron chi connectivity index (χ4n) is 5.61. The number of ether oxygens (including phenoxy) is 2. The zero-order valence-corrected chi connectivity index (χ0v) is 17.6. The summed E-state index contributed by atoms with van der Waals surface area (Å²) in [5.41, 5.74) is 0.731. The minimum absolute atomic E-state index is 0.0298. The lowest BCUT2D eigenvalue weighted by atomic mass is 9.82. The maximum atomic E-state index is 13.3. The monoisotopic (exact) mass is 422 g/mol. The van der Waals surface area contributed by atoms with Gasteiger partial charge in [0, 0.05) is 6.04 Å². The molecule has 3 fully saturated rings. The fourth-order valence-corrected chi connectivity index (χ4v) is 5.61. The second-order valence-corrected chi connectivity index (χ2v) is 9.07. The molecule has 0 radical (unpaired) electrons. The van der Waals surface area contributed by atoms with Crippen molar-refractivity contribution in [2.45, 2.75) is 75.1 Å². The van der Waals surface area contributed by atoms with Crippen LogP contribution in [0.5, 0.6) is 0 Å². The van der Waals surface area contributed by atoms with Crippen molar-refractivity contribution in [3.8, 4) is 0 Å². The van der Waals surface area contributed by atoms with E-state index < -0.39 is 12.0 Å². The van der Waals surface area contributed by atoms with Crippen molar-refractivity contribution in [3.05, 3.63) is 35.9 Å². The molecule has 1 amide bonds. The average molecular weight is 423 g/mol. The number of nitrogens with one attached hydrogen (secondary N) is 1. The van der Waals surface area contributed by atoms with Gasteiger partial charge < -0.3 is 14.8 Å². The number of alkyl halides is 2. The van der Waals surface area contributed by atoms with Gasteiger partial charge in [-0.15, -0.1) is 0 Å². The lowest BCUT2D eigenvalue weighted by Crippen LogP contribution is -2.64. The lowest BCUT2D eigenvalue weighted by Gasteiger charge is -2.41. The molecule has 3 unspecified atom stereocenters. The van der Waals surface area contributed by atoms with E-state index in [1.54, 1.807) is 4.90 Å². The molecule has 2 aliphatic heterocycles. The summed E-state index contributed by atoms with van der Waals surface area (Å²) in [6.45, 7) is 2.34. The normalized spacial score (nSPS) is 35.1. The van der Waals surface area contributed by atoms with Crippen LogP contribution in [0, 0.1) is 0 Å². The molecule has 166 valence electrons. The van der Waals surface area contributed by atoms with Crippen LogP contribution in [0.3, 0.4) is 0 Å². The number of benzene rings is 1. The standard InChI is InChI=1S/C23H32F2N2O3/c1-16-11-23(15-29-14-22(28)26-23)20(27(16)12-21(24)25)13-30-19-9-7-18(8-10-19)17-5-3-2-4-6-17/h2-6,16,18-21H,7-15H2,1H3,(H,26,28). The van der Waals surface area contributed by atoms with E-state index in [9.17, 15) is 13.6 Å². The molecular weight excluding hydrogens is 390 g/mol. The van der Waals surface area contributed by atoms with E-state index in [1.807, 2.05) is 13.0 Å². The van der Waals surface area contributed by atoms with Crippen LogP contribution in [0.2, 0.25) is 0 Å². The highest BCUT2D eigenvalue weighted by Gasteiger charge is 2.54. The molecule has 30 heavy (non-hydrogen) atoms. The number of halogens is 2. The highest BCUT2D eigenvalue weighted by atomic mass is 19.3. The summed E-state index contributed by atoms with van der Waals surface area (Å²) in [6, 6.07) is 10.2. The molecule has 3 aliphatic rings. The molecule has 1 spiro atoms. The van der Waals surface area contributed by atoms with Crippen LogP contribution in [0.1, 0.15) is 50.5 Å².